The maximum Gasteiger partial charge on any atom is 0.251 e. The molecule has 2 aromatic carbocycles. The lowest BCUT2D eigenvalue weighted by Gasteiger charge is -2.20. The Balaban J connectivity index is 1.61. The first-order valence-electron chi connectivity index (χ1n) is 10.5. The molecule has 0 bridgehead atoms. The molecule has 0 aliphatic carbocycles. The Morgan fingerprint density at radius 1 is 1.26 bits per heavy atom. The normalized spacial score (nSPS) is 16.1. The van der Waals surface area contributed by atoms with Crippen molar-refractivity contribution in [1.29, 1.82) is 0 Å². The number of amides is 2. The summed E-state index contributed by atoms with van der Waals surface area (Å²) in [5, 5.41) is 41.3. The molecular weight excluding hydrogens is 530 g/mol. The third kappa shape index (κ3) is 6.75. The van der Waals surface area contributed by atoms with Crippen LogP contribution in [0.2, 0.25) is 5.02 Å². The first-order chi connectivity index (χ1) is 16.2. The second-order valence-corrected chi connectivity index (χ2v) is 8.94. The highest BCUT2D eigenvalue weighted by Crippen LogP contribution is 2.36. The van der Waals surface area contributed by atoms with E-state index in [9.17, 15) is 24.9 Å². The number of carbonyl (C=O) groups excluding carboxylic acids is 2. The Kier molecular flexibility index (Phi) is 8.59. The van der Waals surface area contributed by atoms with Crippen molar-refractivity contribution < 1.29 is 24.9 Å². The Labute approximate surface area is 209 Å². The van der Waals surface area contributed by atoms with E-state index in [4.69, 9.17) is 11.6 Å². The second kappa shape index (κ2) is 11.4. The Morgan fingerprint density at radius 2 is 2.03 bits per heavy atom. The lowest BCUT2D eigenvalue weighted by atomic mass is 10.0. The fraction of sp³-hybridized carbons (Fsp3) is 0.318. The largest absolute Gasteiger partial charge is 0.508 e. The molecule has 0 spiro atoms. The highest BCUT2D eigenvalue weighted by atomic mass is 79.9. The zero-order valence-corrected chi connectivity index (χ0v) is 20.6. The van der Waals surface area contributed by atoms with Gasteiger partial charge in [0.05, 0.1) is 29.7 Å². The summed E-state index contributed by atoms with van der Waals surface area (Å²) < 4.78 is 0.412. The van der Waals surface area contributed by atoms with Crippen molar-refractivity contribution in [1.82, 2.24) is 16.0 Å². The molecule has 1 aliphatic rings. The molecule has 0 aromatic heterocycles. The first-order valence-corrected chi connectivity index (χ1v) is 11.7. The van der Waals surface area contributed by atoms with Gasteiger partial charge in [-0.05, 0) is 46.6 Å². The number of aliphatic hydroxyl groups is 1. The van der Waals surface area contributed by atoms with Gasteiger partial charge in [0.25, 0.3) is 5.91 Å². The number of phenolic OH excluding ortho intramolecular Hbond substituents is 2. The standard InChI is InChI=1S/C22H25BrClN5O5/c1-2-18(16-5-12(24)6-17(23)20(16)33)29-19(32)10-25-21(34)11-3-13(7-14(30)4-11)28-22-26-8-15(31)9-27-22/h3-7,15,18,30-31,33H,2,8-10H2,1H3,(H,25,34)(H,29,32)(H2,26,27,28). The predicted molar refractivity (Wildman–Crippen MR) is 132 cm³/mol. The molecule has 12 heteroatoms. The molecule has 2 unspecified atom stereocenters. The van der Waals surface area contributed by atoms with Gasteiger partial charge in [0, 0.05) is 34.4 Å². The lowest BCUT2D eigenvalue weighted by molar-refractivity contribution is -0.120. The number of hydrogen-bond acceptors (Lipinski definition) is 8. The quantitative estimate of drug-likeness (QED) is 0.277. The van der Waals surface area contributed by atoms with Gasteiger partial charge in [-0.2, -0.15) is 0 Å². The number of nitrogens with zero attached hydrogens (tertiary/aromatic N) is 1. The molecule has 2 aromatic rings. The van der Waals surface area contributed by atoms with Crippen molar-refractivity contribution in [2.75, 3.05) is 25.0 Å². The van der Waals surface area contributed by atoms with Crippen molar-refractivity contribution in [3.8, 4) is 11.5 Å². The molecule has 2 amide bonds. The smallest absolute Gasteiger partial charge is 0.251 e. The summed E-state index contributed by atoms with van der Waals surface area (Å²) in [6, 6.07) is 6.79. The summed E-state index contributed by atoms with van der Waals surface area (Å²) in [7, 11) is 0. The highest BCUT2D eigenvalue weighted by Gasteiger charge is 2.20. The third-order valence-electron chi connectivity index (χ3n) is 4.99. The molecule has 3 rings (SSSR count). The summed E-state index contributed by atoms with van der Waals surface area (Å²) in [5.41, 5.74) is 0.998. The van der Waals surface area contributed by atoms with Crippen LogP contribution < -0.4 is 21.3 Å². The number of nitrogens with one attached hydrogen (secondary N) is 4. The van der Waals surface area contributed by atoms with Gasteiger partial charge in [-0.3, -0.25) is 14.6 Å². The average Bonchev–Trinajstić information content (AvgIpc) is 2.79. The van der Waals surface area contributed by atoms with Crippen LogP contribution in [0.4, 0.5) is 5.69 Å². The number of anilines is 1. The highest BCUT2D eigenvalue weighted by molar-refractivity contribution is 9.10. The minimum atomic E-state index is -0.570. The van der Waals surface area contributed by atoms with Crippen LogP contribution in [-0.2, 0) is 4.79 Å². The number of β-amino-alcohol motifs (C(OH)–C–C–N with tert-alkyl or cyclic N) is 1. The van der Waals surface area contributed by atoms with Gasteiger partial charge in [-0.1, -0.05) is 18.5 Å². The van der Waals surface area contributed by atoms with Crippen molar-refractivity contribution in [2.24, 2.45) is 4.99 Å². The molecule has 0 saturated heterocycles. The van der Waals surface area contributed by atoms with E-state index in [0.717, 1.165) is 0 Å². The van der Waals surface area contributed by atoms with Crippen LogP contribution in [-0.4, -0.2) is 58.8 Å². The Bertz CT molecular complexity index is 1110. The molecule has 0 saturated carbocycles. The number of rotatable bonds is 7. The minimum absolute atomic E-state index is 0.0213. The van der Waals surface area contributed by atoms with Gasteiger partial charge < -0.3 is 36.6 Å². The number of benzene rings is 2. The number of aromatic hydroxyl groups is 2. The summed E-state index contributed by atoms with van der Waals surface area (Å²) in [6.45, 7) is 2.09. The maximum absolute atomic E-state index is 12.6. The summed E-state index contributed by atoms with van der Waals surface area (Å²) in [6.07, 6.45) is -0.0878. The SMILES string of the molecule is CCC(NC(=O)CNC(=O)c1cc(O)cc(NC2=NCC(O)CN2)c1)c1cc(Cl)cc(Br)c1O. The maximum atomic E-state index is 12.6. The number of carbonyl (C=O) groups is 2. The van der Waals surface area contributed by atoms with Crippen molar-refractivity contribution in [3.63, 3.8) is 0 Å². The van der Waals surface area contributed by atoms with E-state index in [0.29, 0.717) is 39.7 Å². The topological polar surface area (TPSA) is 155 Å². The molecule has 34 heavy (non-hydrogen) atoms. The summed E-state index contributed by atoms with van der Waals surface area (Å²) >= 11 is 9.29. The van der Waals surface area contributed by atoms with E-state index in [1.54, 1.807) is 12.1 Å². The van der Waals surface area contributed by atoms with Gasteiger partial charge in [-0.25, -0.2) is 0 Å². The Hall–Kier alpha value is -3.02. The molecule has 0 radical (unpaired) electrons. The summed E-state index contributed by atoms with van der Waals surface area (Å²) in [5.74, 6) is -0.794. The molecule has 1 heterocycles. The molecule has 7 N–H and O–H groups in total. The van der Waals surface area contributed by atoms with Gasteiger partial charge in [0.2, 0.25) is 5.91 Å². The van der Waals surface area contributed by atoms with E-state index in [1.807, 2.05) is 6.92 Å². The molecule has 182 valence electrons. The van der Waals surface area contributed by atoms with Crippen LogP contribution in [0, 0.1) is 0 Å². The van der Waals surface area contributed by atoms with Crippen LogP contribution in [0.3, 0.4) is 0 Å². The van der Waals surface area contributed by atoms with Gasteiger partial charge in [0.15, 0.2) is 5.96 Å². The zero-order valence-electron chi connectivity index (χ0n) is 18.2. The fourth-order valence-corrected chi connectivity index (χ4v) is 4.16. The minimum Gasteiger partial charge on any atom is -0.508 e. The molecule has 0 fully saturated rings. The van der Waals surface area contributed by atoms with Crippen molar-refractivity contribution >= 4 is 51.0 Å². The lowest BCUT2D eigenvalue weighted by Crippen LogP contribution is -2.42. The average molecular weight is 555 g/mol. The van der Waals surface area contributed by atoms with E-state index >= 15 is 0 Å². The number of aliphatic hydroxyl groups excluding tert-OH is 1. The molecule has 10 nitrogen and oxygen atoms in total. The van der Waals surface area contributed by atoms with Crippen molar-refractivity contribution in [2.45, 2.75) is 25.5 Å². The van der Waals surface area contributed by atoms with Gasteiger partial charge in [-0.15, -0.1) is 0 Å². The van der Waals surface area contributed by atoms with Crippen molar-refractivity contribution in [3.05, 3.63) is 51.0 Å². The van der Waals surface area contributed by atoms with Crippen LogP contribution in [0.15, 0.2) is 39.8 Å². The van der Waals surface area contributed by atoms with Crippen LogP contribution >= 0.6 is 27.5 Å². The van der Waals surface area contributed by atoms with E-state index in [-0.39, 0.29) is 30.2 Å². The second-order valence-electron chi connectivity index (χ2n) is 7.65. The third-order valence-corrected chi connectivity index (χ3v) is 5.82. The molecule has 2 atom stereocenters. The van der Waals surface area contributed by atoms with E-state index < -0.39 is 24.0 Å². The molecular formula is C22H25BrClN5O5. The number of halogens is 2. The van der Waals surface area contributed by atoms with Gasteiger partial charge >= 0.3 is 0 Å². The summed E-state index contributed by atoms with van der Waals surface area (Å²) in [4.78, 5) is 29.2. The number of hydrogen-bond donors (Lipinski definition) is 7. The van der Waals surface area contributed by atoms with E-state index in [2.05, 4.69) is 42.2 Å². The van der Waals surface area contributed by atoms with Gasteiger partial charge in [0.1, 0.15) is 11.5 Å². The monoisotopic (exact) mass is 553 g/mol. The zero-order chi connectivity index (χ0) is 24.8. The predicted octanol–water partition coefficient (Wildman–Crippen LogP) is 2.24. The Morgan fingerprint density at radius 3 is 2.71 bits per heavy atom. The van der Waals surface area contributed by atoms with Crippen LogP contribution in [0.25, 0.3) is 0 Å². The number of phenols is 2. The van der Waals surface area contributed by atoms with Crippen LogP contribution in [0.5, 0.6) is 11.5 Å². The number of guanidine groups is 1. The number of aliphatic imine (C=N–C) groups is 1. The fourth-order valence-electron chi connectivity index (χ4n) is 3.33. The first kappa shape index (κ1) is 25.6. The molecule has 1 aliphatic heterocycles. The van der Waals surface area contributed by atoms with E-state index in [1.165, 1.54) is 18.2 Å². The van der Waals surface area contributed by atoms with Crippen LogP contribution in [0.1, 0.15) is 35.3 Å².